The van der Waals surface area contributed by atoms with Crippen molar-refractivity contribution in [3.05, 3.63) is 29.8 Å². The van der Waals surface area contributed by atoms with Crippen LogP contribution in [0.5, 0.6) is 5.75 Å². The number of aliphatic hydroxyl groups is 1. The van der Waals surface area contributed by atoms with Crippen molar-refractivity contribution in [3.8, 4) is 5.75 Å². The van der Waals surface area contributed by atoms with E-state index < -0.39 is 6.10 Å². The van der Waals surface area contributed by atoms with E-state index in [1.807, 2.05) is 31.2 Å². The molecule has 0 saturated carbocycles. The van der Waals surface area contributed by atoms with Crippen molar-refractivity contribution in [3.63, 3.8) is 0 Å². The van der Waals surface area contributed by atoms with E-state index in [1.54, 1.807) is 0 Å². The zero-order valence-electron chi connectivity index (χ0n) is 13.2. The molecule has 0 saturated heterocycles. The van der Waals surface area contributed by atoms with Gasteiger partial charge in [-0.3, -0.25) is 0 Å². The number of hydrogen-bond donors (Lipinski definition) is 2. The second-order valence-corrected chi connectivity index (χ2v) is 5.84. The van der Waals surface area contributed by atoms with Gasteiger partial charge in [-0.2, -0.15) is 0 Å². The van der Waals surface area contributed by atoms with Crippen molar-refractivity contribution < 1.29 is 9.84 Å². The van der Waals surface area contributed by atoms with Crippen molar-refractivity contribution in [2.24, 2.45) is 5.92 Å². The maximum absolute atomic E-state index is 9.92. The smallest absolute Gasteiger partial charge is 0.119 e. The highest BCUT2D eigenvalue weighted by molar-refractivity contribution is 5.26. The Kier molecular flexibility index (Phi) is 7.63. The average molecular weight is 279 g/mol. The number of aryl methyl sites for hydroxylation is 1. The molecule has 0 aliphatic heterocycles. The summed E-state index contributed by atoms with van der Waals surface area (Å²) in [5.74, 6) is 1.53. The molecule has 0 aliphatic carbocycles. The maximum atomic E-state index is 9.92. The first-order chi connectivity index (χ1) is 9.51. The van der Waals surface area contributed by atoms with Gasteiger partial charge in [0.15, 0.2) is 0 Å². The molecule has 0 heterocycles. The van der Waals surface area contributed by atoms with Crippen LogP contribution in [0.2, 0.25) is 0 Å². The summed E-state index contributed by atoms with van der Waals surface area (Å²) < 4.78 is 5.57. The summed E-state index contributed by atoms with van der Waals surface area (Å²) in [5.41, 5.74) is 1.21. The molecule has 3 nitrogen and oxygen atoms in total. The predicted octanol–water partition coefficient (Wildman–Crippen LogP) is 3.15. The van der Waals surface area contributed by atoms with Crippen LogP contribution in [0.4, 0.5) is 0 Å². The summed E-state index contributed by atoms with van der Waals surface area (Å²) in [6, 6.07) is 8.31. The molecule has 1 rings (SSSR count). The normalized spacial score (nSPS) is 15.7. The molecule has 0 radical (unpaired) electrons. The molecule has 2 N–H and O–H groups in total. The average Bonchev–Trinajstić information content (AvgIpc) is 2.44. The van der Waals surface area contributed by atoms with Crippen LogP contribution in [0.25, 0.3) is 0 Å². The lowest BCUT2D eigenvalue weighted by atomic mass is 10.0. The fourth-order valence-corrected chi connectivity index (χ4v) is 2.08. The van der Waals surface area contributed by atoms with Crippen LogP contribution in [0.1, 0.15) is 39.2 Å². The van der Waals surface area contributed by atoms with Gasteiger partial charge in [-0.25, -0.2) is 0 Å². The molecule has 1 aromatic carbocycles. The molecule has 0 aliphatic rings. The predicted molar refractivity (Wildman–Crippen MR) is 84.2 cm³/mol. The molecule has 114 valence electrons. The highest BCUT2D eigenvalue weighted by atomic mass is 16.5. The maximum Gasteiger partial charge on any atom is 0.119 e. The van der Waals surface area contributed by atoms with E-state index in [9.17, 15) is 5.11 Å². The zero-order valence-corrected chi connectivity index (χ0v) is 13.2. The van der Waals surface area contributed by atoms with Gasteiger partial charge < -0.3 is 15.2 Å². The largest absolute Gasteiger partial charge is 0.491 e. The first kappa shape index (κ1) is 17.0. The Morgan fingerprint density at radius 1 is 1.20 bits per heavy atom. The SMILES string of the molecule is CCC(C)CC(C)NCC(O)COc1ccc(C)cc1. The Bertz CT molecular complexity index is 364. The van der Waals surface area contributed by atoms with Crippen LogP contribution < -0.4 is 10.1 Å². The molecule has 0 fully saturated rings. The Balaban J connectivity index is 2.20. The highest BCUT2D eigenvalue weighted by Gasteiger charge is 2.10. The number of aliphatic hydroxyl groups excluding tert-OH is 1. The van der Waals surface area contributed by atoms with Gasteiger partial charge >= 0.3 is 0 Å². The van der Waals surface area contributed by atoms with E-state index in [4.69, 9.17) is 4.74 Å². The third-order valence-electron chi connectivity index (χ3n) is 3.62. The van der Waals surface area contributed by atoms with E-state index in [-0.39, 0.29) is 0 Å². The molecule has 1 aromatic rings. The fourth-order valence-electron chi connectivity index (χ4n) is 2.08. The number of ether oxygens (including phenoxy) is 1. The quantitative estimate of drug-likeness (QED) is 0.729. The molecule has 0 amide bonds. The van der Waals surface area contributed by atoms with Gasteiger partial charge in [0, 0.05) is 12.6 Å². The third-order valence-corrected chi connectivity index (χ3v) is 3.62. The van der Waals surface area contributed by atoms with Gasteiger partial charge in [0.2, 0.25) is 0 Å². The standard InChI is InChI=1S/C17H29NO2/c1-5-13(2)10-15(4)18-11-16(19)12-20-17-8-6-14(3)7-9-17/h6-9,13,15-16,18-19H,5,10-12H2,1-4H3. The molecular weight excluding hydrogens is 250 g/mol. The number of rotatable bonds is 9. The minimum absolute atomic E-state index is 0.326. The topological polar surface area (TPSA) is 41.5 Å². The summed E-state index contributed by atoms with van der Waals surface area (Å²) in [5, 5.41) is 13.3. The number of hydrogen-bond acceptors (Lipinski definition) is 3. The first-order valence-corrected chi connectivity index (χ1v) is 7.62. The van der Waals surface area contributed by atoms with Gasteiger partial charge in [-0.1, -0.05) is 38.0 Å². The summed E-state index contributed by atoms with van der Waals surface area (Å²) in [6.07, 6.45) is 1.86. The molecule has 0 spiro atoms. The van der Waals surface area contributed by atoms with Crippen LogP contribution in [0, 0.1) is 12.8 Å². The monoisotopic (exact) mass is 279 g/mol. The lowest BCUT2D eigenvalue weighted by molar-refractivity contribution is 0.103. The summed E-state index contributed by atoms with van der Waals surface area (Å²) in [7, 11) is 0. The summed E-state index contributed by atoms with van der Waals surface area (Å²) >= 11 is 0. The third kappa shape index (κ3) is 6.92. The molecule has 3 unspecified atom stereocenters. The van der Waals surface area contributed by atoms with E-state index >= 15 is 0 Å². The van der Waals surface area contributed by atoms with Crippen LogP contribution in [-0.2, 0) is 0 Å². The van der Waals surface area contributed by atoms with E-state index in [0.29, 0.717) is 19.2 Å². The first-order valence-electron chi connectivity index (χ1n) is 7.62. The molecule has 3 heteroatoms. The van der Waals surface area contributed by atoms with Crippen molar-refractivity contribution in [2.45, 2.75) is 52.7 Å². The lowest BCUT2D eigenvalue weighted by Crippen LogP contribution is -2.37. The Morgan fingerprint density at radius 2 is 1.85 bits per heavy atom. The molecule has 3 atom stereocenters. The van der Waals surface area contributed by atoms with Crippen LogP contribution in [-0.4, -0.2) is 30.4 Å². The highest BCUT2D eigenvalue weighted by Crippen LogP contribution is 2.12. The Morgan fingerprint density at radius 3 is 2.45 bits per heavy atom. The van der Waals surface area contributed by atoms with Gasteiger partial charge in [-0.15, -0.1) is 0 Å². The zero-order chi connectivity index (χ0) is 15.0. The van der Waals surface area contributed by atoms with Gasteiger partial charge in [0.25, 0.3) is 0 Å². The number of nitrogens with one attached hydrogen (secondary N) is 1. The van der Waals surface area contributed by atoms with E-state index in [1.165, 1.54) is 12.0 Å². The van der Waals surface area contributed by atoms with Crippen LogP contribution in [0.3, 0.4) is 0 Å². The van der Waals surface area contributed by atoms with Crippen LogP contribution >= 0.6 is 0 Å². The second-order valence-electron chi connectivity index (χ2n) is 5.84. The minimum Gasteiger partial charge on any atom is -0.491 e. The van der Waals surface area contributed by atoms with Crippen molar-refractivity contribution in [1.29, 1.82) is 0 Å². The second kappa shape index (κ2) is 8.98. The lowest BCUT2D eigenvalue weighted by Gasteiger charge is -2.20. The van der Waals surface area contributed by atoms with E-state index in [0.717, 1.165) is 18.1 Å². The fraction of sp³-hybridized carbons (Fsp3) is 0.647. The van der Waals surface area contributed by atoms with Crippen LogP contribution in [0.15, 0.2) is 24.3 Å². The molecular formula is C17H29NO2. The van der Waals surface area contributed by atoms with Gasteiger partial charge in [0.05, 0.1) is 0 Å². The number of benzene rings is 1. The molecule has 0 aromatic heterocycles. The minimum atomic E-state index is -0.476. The van der Waals surface area contributed by atoms with Crippen molar-refractivity contribution in [2.75, 3.05) is 13.2 Å². The van der Waals surface area contributed by atoms with E-state index in [2.05, 4.69) is 26.1 Å². The van der Waals surface area contributed by atoms with Gasteiger partial charge in [-0.05, 0) is 38.3 Å². The summed E-state index contributed by atoms with van der Waals surface area (Å²) in [6.45, 7) is 9.58. The summed E-state index contributed by atoms with van der Waals surface area (Å²) in [4.78, 5) is 0. The van der Waals surface area contributed by atoms with Crippen molar-refractivity contribution >= 4 is 0 Å². The molecule has 20 heavy (non-hydrogen) atoms. The van der Waals surface area contributed by atoms with Gasteiger partial charge in [0.1, 0.15) is 18.5 Å². The Labute approximate surface area is 123 Å². The molecule has 0 bridgehead atoms. The van der Waals surface area contributed by atoms with Crippen molar-refractivity contribution in [1.82, 2.24) is 5.32 Å². The Hall–Kier alpha value is -1.06.